The number of rotatable bonds is 6. The average Bonchev–Trinajstić information content (AvgIpc) is 2.83. The predicted molar refractivity (Wildman–Crippen MR) is 146 cm³/mol. The molecule has 7 nitrogen and oxygen atoms in total. The number of hydrogen-bond donors (Lipinski definition) is 1. The number of hydrogen-bond acceptors (Lipinski definition) is 5. The van der Waals surface area contributed by atoms with Crippen molar-refractivity contribution >= 4 is 63.8 Å². The van der Waals surface area contributed by atoms with E-state index in [1.54, 1.807) is 31.2 Å². The second-order valence-corrected chi connectivity index (χ2v) is 9.73. The van der Waals surface area contributed by atoms with Gasteiger partial charge in [0.25, 0.3) is 11.8 Å². The molecule has 1 heterocycles. The molecule has 1 aliphatic rings. The lowest BCUT2D eigenvalue weighted by atomic mass is 10.0. The smallest absolute Gasteiger partial charge is 0.335 e. The molecule has 4 rings (SSSR count). The van der Waals surface area contributed by atoms with E-state index in [1.807, 2.05) is 37.3 Å². The average molecular weight is 617 g/mol. The Morgan fingerprint density at radius 3 is 2.53 bits per heavy atom. The molecular weight excluding hydrogens is 595 g/mol. The first kappa shape index (κ1) is 25.7. The van der Waals surface area contributed by atoms with Crippen LogP contribution in [0.1, 0.15) is 22.3 Å². The van der Waals surface area contributed by atoms with Crippen molar-refractivity contribution in [2.75, 3.05) is 12.0 Å². The van der Waals surface area contributed by atoms with Gasteiger partial charge in [-0.3, -0.25) is 14.9 Å². The largest absolute Gasteiger partial charge is 0.493 e. The number of imide groups is 2. The predicted octanol–water partition coefficient (Wildman–Crippen LogP) is 5.82. The highest BCUT2D eigenvalue weighted by Crippen LogP contribution is 2.36. The van der Waals surface area contributed by atoms with E-state index >= 15 is 0 Å². The van der Waals surface area contributed by atoms with Gasteiger partial charge >= 0.3 is 6.03 Å². The summed E-state index contributed by atoms with van der Waals surface area (Å²) in [5.74, 6) is -0.538. The molecule has 0 aliphatic carbocycles. The third-order valence-electron chi connectivity index (χ3n) is 5.60. The Morgan fingerprint density at radius 2 is 1.81 bits per heavy atom. The van der Waals surface area contributed by atoms with E-state index in [0.29, 0.717) is 31.3 Å². The number of aryl methyl sites for hydroxylation is 2. The normalized spacial score (nSPS) is 14.8. The summed E-state index contributed by atoms with van der Waals surface area (Å²) >= 11 is 8.33. The van der Waals surface area contributed by atoms with Crippen LogP contribution in [0.3, 0.4) is 0 Å². The number of methoxy groups -OCH3 is 1. The van der Waals surface area contributed by atoms with Crippen molar-refractivity contribution in [3.63, 3.8) is 0 Å². The van der Waals surface area contributed by atoms with Crippen LogP contribution in [-0.4, -0.2) is 25.0 Å². The molecule has 9 heteroatoms. The van der Waals surface area contributed by atoms with Crippen LogP contribution >= 0.6 is 34.2 Å². The van der Waals surface area contributed by atoms with Crippen LogP contribution in [0.2, 0.25) is 5.02 Å². The molecule has 0 unspecified atom stereocenters. The van der Waals surface area contributed by atoms with Crippen LogP contribution < -0.4 is 19.7 Å². The zero-order valence-corrected chi connectivity index (χ0v) is 22.6. The maximum Gasteiger partial charge on any atom is 0.335 e. The van der Waals surface area contributed by atoms with E-state index in [2.05, 4.69) is 27.9 Å². The fourth-order valence-corrected chi connectivity index (χ4v) is 4.70. The minimum absolute atomic E-state index is 0.168. The SMILES string of the molecule is COc1cc(/C=C2\C(=O)NC(=O)N(c3cc(C)ccc3C)C2=O)cc(I)c1OCc1ccccc1Cl. The second kappa shape index (κ2) is 10.7. The molecule has 1 aliphatic heterocycles. The Morgan fingerprint density at radius 1 is 1.06 bits per heavy atom. The van der Waals surface area contributed by atoms with Crippen molar-refractivity contribution in [3.8, 4) is 11.5 Å². The number of amides is 4. The van der Waals surface area contributed by atoms with Crippen LogP contribution in [0.15, 0.2) is 60.2 Å². The molecule has 36 heavy (non-hydrogen) atoms. The van der Waals surface area contributed by atoms with E-state index in [1.165, 1.54) is 13.2 Å². The summed E-state index contributed by atoms with van der Waals surface area (Å²) in [6.45, 7) is 3.89. The first-order valence-electron chi connectivity index (χ1n) is 10.9. The van der Waals surface area contributed by atoms with E-state index in [0.717, 1.165) is 21.6 Å². The number of nitrogens with one attached hydrogen (secondary N) is 1. The second-order valence-electron chi connectivity index (χ2n) is 8.16. The molecular formula is C27H22ClIN2O5. The van der Waals surface area contributed by atoms with E-state index in [-0.39, 0.29) is 12.2 Å². The molecule has 0 saturated carbocycles. The number of benzene rings is 3. The quantitative estimate of drug-likeness (QED) is 0.215. The number of anilines is 1. The van der Waals surface area contributed by atoms with Gasteiger partial charge in [0.15, 0.2) is 11.5 Å². The number of nitrogens with zero attached hydrogens (tertiary/aromatic N) is 1. The minimum Gasteiger partial charge on any atom is -0.493 e. The summed E-state index contributed by atoms with van der Waals surface area (Å²) in [6.07, 6.45) is 1.44. The minimum atomic E-state index is -0.786. The molecule has 0 spiro atoms. The summed E-state index contributed by atoms with van der Waals surface area (Å²) in [7, 11) is 1.50. The topological polar surface area (TPSA) is 84.9 Å². The molecule has 1 N–H and O–H groups in total. The molecule has 0 radical (unpaired) electrons. The Labute approximate surface area is 227 Å². The lowest BCUT2D eigenvalue weighted by Gasteiger charge is -2.28. The van der Waals surface area contributed by atoms with Gasteiger partial charge in [-0.1, -0.05) is 41.9 Å². The number of carbonyl (C=O) groups is 3. The van der Waals surface area contributed by atoms with Crippen molar-refractivity contribution in [2.45, 2.75) is 20.5 Å². The van der Waals surface area contributed by atoms with Gasteiger partial charge in [0.05, 0.1) is 16.4 Å². The molecule has 0 bridgehead atoms. The van der Waals surface area contributed by atoms with Crippen molar-refractivity contribution in [2.24, 2.45) is 0 Å². The van der Waals surface area contributed by atoms with Gasteiger partial charge in [-0.25, -0.2) is 9.69 Å². The van der Waals surface area contributed by atoms with E-state index < -0.39 is 17.8 Å². The van der Waals surface area contributed by atoms with Crippen molar-refractivity contribution in [3.05, 3.63) is 91.0 Å². The summed E-state index contributed by atoms with van der Waals surface area (Å²) in [4.78, 5) is 39.5. The van der Waals surface area contributed by atoms with E-state index in [4.69, 9.17) is 21.1 Å². The third-order valence-corrected chi connectivity index (χ3v) is 6.77. The van der Waals surface area contributed by atoms with Gasteiger partial charge in [0.2, 0.25) is 0 Å². The molecule has 0 aromatic heterocycles. The number of halogens is 2. The van der Waals surface area contributed by atoms with Crippen LogP contribution in [0.4, 0.5) is 10.5 Å². The highest BCUT2D eigenvalue weighted by atomic mass is 127. The molecule has 1 saturated heterocycles. The maximum absolute atomic E-state index is 13.3. The third kappa shape index (κ3) is 5.24. The molecule has 1 fully saturated rings. The van der Waals surface area contributed by atoms with Gasteiger partial charge < -0.3 is 9.47 Å². The van der Waals surface area contributed by atoms with Crippen LogP contribution in [0.25, 0.3) is 6.08 Å². The summed E-state index contributed by atoms with van der Waals surface area (Å²) < 4.78 is 12.2. The van der Waals surface area contributed by atoms with Gasteiger partial charge in [-0.2, -0.15) is 0 Å². The van der Waals surface area contributed by atoms with Crippen molar-refractivity contribution in [1.82, 2.24) is 5.32 Å². The first-order valence-corrected chi connectivity index (χ1v) is 12.4. The molecule has 0 atom stereocenters. The van der Waals surface area contributed by atoms with Gasteiger partial charge in [-0.05, 0) is 83.5 Å². The molecule has 184 valence electrons. The van der Waals surface area contributed by atoms with Gasteiger partial charge in [0, 0.05) is 10.6 Å². The highest BCUT2D eigenvalue weighted by Gasteiger charge is 2.37. The lowest BCUT2D eigenvalue weighted by molar-refractivity contribution is -0.122. The zero-order chi connectivity index (χ0) is 26.0. The Balaban J connectivity index is 1.67. The van der Waals surface area contributed by atoms with Crippen LogP contribution in [0.5, 0.6) is 11.5 Å². The van der Waals surface area contributed by atoms with E-state index in [9.17, 15) is 14.4 Å². The fourth-order valence-electron chi connectivity index (χ4n) is 3.73. The Kier molecular flexibility index (Phi) is 7.65. The van der Waals surface area contributed by atoms with Crippen LogP contribution in [0, 0.1) is 17.4 Å². The monoisotopic (exact) mass is 616 g/mol. The summed E-state index contributed by atoms with van der Waals surface area (Å²) in [5, 5.41) is 2.86. The Hall–Kier alpha value is -3.37. The summed E-state index contributed by atoms with van der Waals surface area (Å²) in [5.41, 5.74) is 3.22. The summed E-state index contributed by atoms with van der Waals surface area (Å²) in [6, 6.07) is 15.5. The zero-order valence-electron chi connectivity index (χ0n) is 19.7. The lowest BCUT2D eigenvalue weighted by Crippen LogP contribution is -2.54. The Bertz CT molecular complexity index is 1420. The van der Waals surface area contributed by atoms with Crippen LogP contribution in [-0.2, 0) is 16.2 Å². The van der Waals surface area contributed by atoms with Gasteiger partial charge in [-0.15, -0.1) is 0 Å². The molecule has 3 aromatic rings. The standard InChI is InChI=1S/C27H22ClIN2O5/c1-15-8-9-16(2)22(10-15)31-26(33)19(25(32)30-27(31)34)11-17-12-21(29)24(23(13-17)35-3)36-14-18-6-4-5-7-20(18)28/h4-13H,14H2,1-3H3,(H,30,32,34)/b19-11+. The first-order chi connectivity index (χ1) is 17.2. The highest BCUT2D eigenvalue weighted by molar-refractivity contribution is 14.1. The van der Waals surface area contributed by atoms with Crippen molar-refractivity contribution < 1.29 is 23.9 Å². The maximum atomic E-state index is 13.3. The number of ether oxygens (including phenoxy) is 2. The molecule has 3 aromatic carbocycles. The van der Waals surface area contributed by atoms with Gasteiger partial charge in [0.1, 0.15) is 12.2 Å². The van der Waals surface area contributed by atoms with Crippen molar-refractivity contribution in [1.29, 1.82) is 0 Å². The molecule has 4 amide bonds. The fraction of sp³-hybridized carbons (Fsp3) is 0.148. The number of barbiturate groups is 1. The number of urea groups is 1. The number of carbonyl (C=O) groups excluding carboxylic acids is 3.